The third-order valence-electron chi connectivity index (χ3n) is 2.36. The first kappa shape index (κ1) is 14.6. The number of nitrogens with one attached hydrogen (secondary N) is 1. The number of thioether (sulfide) groups is 1. The molecule has 18 heavy (non-hydrogen) atoms. The van der Waals surface area contributed by atoms with Gasteiger partial charge in [-0.1, -0.05) is 6.08 Å². The number of carbonyl (C=O) groups excluding carboxylic acids is 1. The van der Waals surface area contributed by atoms with Crippen molar-refractivity contribution < 1.29 is 9.53 Å². The third kappa shape index (κ3) is 3.53. The molecule has 1 aromatic rings. The lowest BCUT2D eigenvalue weighted by Gasteiger charge is -2.06. The number of aromatic nitrogens is 2. The highest BCUT2D eigenvalue weighted by Crippen LogP contribution is 2.20. The minimum Gasteiger partial charge on any atom is -0.481 e. The lowest BCUT2D eigenvalue weighted by atomic mass is 10.2. The van der Waals surface area contributed by atoms with E-state index in [4.69, 9.17) is 4.74 Å². The molecule has 0 aliphatic rings. The molecule has 5 nitrogen and oxygen atoms in total. The smallest absolute Gasteiger partial charge is 0.258 e. The van der Waals surface area contributed by atoms with Crippen LogP contribution in [0.5, 0.6) is 5.88 Å². The summed E-state index contributed by atoms with van der Waals surface area (Å²) in [7, 11) is 3.29. The van der Waals surface area contributed by atoms with Crippen molar-refractivity contribution in [3.63, 3.8) is 0 Å². The van der Waals surface area contributed by atoms with E-state index in [-0.39, 0.29) is 5.91 Å². The van der Waals surface area contributed by atoms with Crippen LogP contribution in [0.15, 0.2) is 12.7 Å². The maximum Gasteiger partial charge on any atom is 0.258 e. The van der Waals surface area contributed by atoms with Crippen LogP contribution in [0.4, 0.5) is 0 Å². The van der Waals surface area contributed by atoms with Gasteiger partial charge < -0.3 is 10.1 Å². The van der Waals surface area contributed by atoms with Crippen molar-refractivity contribution in [3.05, 3.63) is 23.9 Å². The molecule has 0 fully saturated rings. The molecule has 1 N–H and O–H groups in total. The molecule has 1 heterocycles. The van der Waals surface area contributed by atoms with Gasteiger partial charge in [-0.2, -0.15) is 16.9 Å². The van der Waals surface area contributed by atoms with Crippen LogP contribution in [0, 0.1) is 6.92 Å². The summed E-state index contributed by atoms with van der Waals surface area (Å²) >= 11 is 1.72. The van der Waals surface area contributed by atoms with Crippen molar-refractivity contribution in [2.45, 2.75) is 6.92 Å². The second-order valence-electron chi connectivity index (χ2n) is 3.71. The van der Waals surface area contributed by atoms with Crippen molar-refractivity contribution in [2.24, 2.45) is 7.05 Å². The van der Waals surface area contributed by atoms with E-state index in [1.807, 2.05) is 6.08 Å². The van der Waals surface area contributed by atoms with Gasteiger partial charge in [0.05, 0.1) is 12.8 Å². The molecule has 0 aromatic carbocycles. The second kappa shape index (κ2) is 7.10. The number of aryl methyl sites for hydroxylation is 2. The molecule has 0 spiro atoms. The van der Waals surface area contributed by atoms with Gasteiger partial charge in [-0.25, -0.2) is 4.68 Å². The third-order valence-corrected chi connectivity index (χ3v) is 3.32. The van der Waals surface area contributed by atoms with E-state index >= 15 is 0 Å². The monoisotopic (exact) mass is 269 g/mol. The van der Waals surface area contributed by atoms with Gasteiger partial charge in [0, 0.05) is 25.1 Å². The molecule has 0 unspecified atom stereocenters. The molecule has 1 rings (SSSR count). The molecule has 0 saturated carbocycles. The molecule has 100 valence electrons. The van der Waals surface area contributed by atoms with E-state index in [1.54, 1.807) is 30.4 Å². The molecule has 0 atom stereocenters. The summed E-state index contributed by atoms with van der Waals surface area (Å²) in [4.78, 5) is 12.0. The van der Waals surface area contributed by atoms with E-state index in [9.17, 15) is 4.79 Å². The SMILES string of the molecule is C=CCSCCNC(=O)c1c(C)nn(C)c1OC. The van der Waals surface area contributed by atoms with Gasteiger partial charge in [-0.15, -0.1) is 6.58 Å². The van der Waals surface area contributed by atoms with E-state index < -0.39 is 0 Å². The fraction of sp³-hybridized carbons (Fsp3) is 0.500. The van der Waals surface area contributed by atoms with E-state index in [0.29, 0.717) is 23.7 Å². The maximum atomic E-state index is 12.0. The van der Waals surface area contributed by atoms with Gasteiger partial charge in [0.2, 0.25) is 5.88 Å². The second-order valence-corrected chi connectivity index (χ2v) is 4.86. The Hall–Kier alpha value is -1.43. The Balaban J connectivity index is 2.58. The Morgan fingerprint density at radius 3 is 3.00 bits per heavy atom. The van der Waals surface area contributed by atoms with Gasteiger partial charge in [-0.3, -0.25) is 4.79 Å². The number of hydrogen-bond acceptors (Lipinski definition) is 4. The van der Waals surface area contributed by atoms with Crippen LogP contribution in [-0.2, 0) is 7.05 Å². The summed E-state index contributed by atoms with van der Waals surface area (Å²) in [5, 5.41) is 7.03. The van der Waals surface area contributed by atoms with Crippen LogP contribution in [-0.4, -0.2) is 40.8 Å². The molecular weight excluding hydrogens is 250 g/mol. The normalized spacial score (nSPS) is 10.2. The Bertz CT molecular complexity index is 429. The molecule has 1 amide bonds. The largest absolute Gasteiger partial charge is 0.481 e. The van der Waals surface area contributed by atoms with Crippen LogP contribution in [0.1, 0.15) is 16.1 Å². The molecule has 0 bridgehead atoms. The van der Waals surface area contributed by atoms with Crippen molar-refractivity contribution >= 4 is 17.7 Å². The molecule has 6 heteroatoms. The summed E-state index contributed by atoms with van der Waals surface area (Å²) in [5.74, 6) is 2.10. The van der Waals surface area contributed by atoms with Gasteiger partial charge in [-0.05, 0) is 6.92 Å². The van der Waals surface area contributed by atoms with E-state index in [0.717, 1.165) is 11.5 Å². The van der Waals surface area contributed by atoms with Crippen LogP contribution >= 0.6 is 11.8 Å². The van der Waals surface area contributed by atoms with E-state index in [2.05, 4.69) is 17.0 Å². The average molecular weight is 269 g/mol. The summed E-state index contributed by atoms with van der Waals surface area (Å²) in [6, 6.07) is 0. The predicted octanol–water partition coefficient (Wildman–Crippen LogP) is 1.39. The van der Waals surface area contributed by atoms with Crippen LogP contribution < -0.4 is 10.1 Å². The first-order valence-electron chi connectivity index (χ1n) is 5.66. The topological polar surface area (TPSA) is 56.2 Å². The molecule has 0 saturated heterocycles. The number of ether oxygens (including phenoxy) is 1. The zero-order valence-electron chi connectivity index (χ0n) is 11.0. The van der Waals surface area contributed by atoms with Gasteiger partial charge in [0.15, 0.2) is 0 Å². The molecule has 1 aromatic heterocycles. The highest BCUT2D eigenvalue weighted by molar-refractivity contribution is 7.99. The molecule has 0 aliphatic carbocycles. The van der Waals surface area contributed by atoms with Crippen molar-refractivity contribution in [1.29, 1.82) is 0 Å². The van der Waals surface area contributed by atoms with Crippen molar-refractivity contribution in [1.82, 2.24) is 15.1 Å². The Morgan fingerprint density at radius 1 is 1.67 bits per heavy atom. The molecule has 0 radical (unpaired) electrons. The first-order chi connectivity index (χ1) is 8.61. The van der Waals surface area contributed by atoms with Gasteiger partial charge >= 0.3 is 0 Å². The minimum absolute atomic E-state index is 0.142. The summed E-state index contributed by atoms with van der Waals surface area (Å²) in [6.07, 6.45) is 1.85. The lowest BCUT2D eigenvalue weighted by molar-refractivity contribution is 0.0952. The Labute approximate surface area is 112 Å². The number of rotatable bonds is 7. The number of carbonyl (C=O) groups is 1. The number of amides is 1. The fourth-order valence-corrected chi connectivity index (χ4v) is 2.20. The van der Waals surface area contributed by atoms with Gasteiger partial charge in [0.25, 0.3) is 5.91 Å². The predicted molar refractivity (Wildman–Crippen MR) is 74.4 cm³/mol. The number of hydrogen-bond donors (Lipinski definition) is 1. The number of methoxy groups -OCH3 is 1. The zero-order chi connectivity index (χ0) is 13.5. The van der Waals surface area contributed by atoms with Crippen molar-refractivity contribution in [2.75, 3.05) is 25.2 Å². The summed E-state index contributed by atoms with van der Waals surface area (Å²) in [6.45, 7) is 6.06. The maximum absolute atomic E-state index is 12.0. The molecule has 0 aliphatic heterocycles. The highest BCUT2D eigenvalue weighted by atomic mass is 32.2. The Kier molecular flexibility index (Phi) is 5.77. The fourth-order valence-electron chi connectivity index (χ4n) is 1.62. The first-order valence-corrected chi connectivity index (χ1v) is 6.81. The summed E-state index contributed by atoms with van der Waals surface area (Å²) in [5.41, 5.74) is 1.18. The average Bonchev–Trinajstić information content (AvgIpc) is 2.63. The minimum atomic E-state index is -0.142. The Morgan fingerprint density at radius 2 is 2.39 bits per heavy atom. The van der Waals surface area contributed by atoms with Crippen LogP contribution in [0.3, 0.4) is 0 Å². The quantitative estimate of drug-likeness (QED) is 0.600. The summed E-state index contributed by atoms with van der Waals surface area (Å²) < 4.78 is 6.75. The van der Waals surface area contributed by atoms with E-state index in [1.165, 1.54) is 7.11 Å². The molecular formula is C12H19N3O2S. The number of nitrogens with zero attached hydrogens (tertiary/aromatic N) is 2. The van der Waals surface area contributed by atoms with Crippen LogP contribution in [0.2, 0.25) is 0 Å². The van der Waals surface area contributed by atoms with Crippen LogP contribution in [0.25, 0.3) is 0 Å². The highest BCUT2D eigenvalue weighted by Gasteiger charge is 2.20. The van der Waals surface area contributed by atoms with Crippen molar-refractivity contribution in [3.8, 4) is 5.88 Å². The standard InChI is InChI=1S/C12H19N3O2S/c1-5-7-18-8-6-13-11(16)10-9(2)14-15(3)12(10)17-4/h5H,1,6-8H2,2-4H3,(H,13,16). The van der Waals surface area contributed by atoms with Gasteiger partial charge in [0.1, 0.15) is 5.56 Å². The lowest BCUT2D eigenvalue weighted by Crippen LogP contribution is -2.26. The zero-order valence-corrected chi connectivity index (χ0v) is 11.8.